The molecule has 0 spiro atoms. The quantitative estimate of drug-likeness (QED) is 0.807. The molecule has 4 heteroatoms. The predicted molar refractivity (Wildman–Crippen MR) is 66.1 cm³/mol. The normalized spacial score (nSPS) is 19.5. The summed E-state index contributed by atoms with van der Waals surface area (Å²) in [5, 5.41) is 18.8. The maximum atomic E-state index is 11.1. The maximum absolute atomic E-state index is 11.1. The molecule has 2 rings (SSSR count). The summed E-state index contributed by atoms with van der Waals surface area (Å²) in [7, 11) is 0. The Morgan fingerprint density at radius 3 is 2.28 bits per heavy atom. The summed E-state index contributed by atoms with van der Waals surface area (Å²) in [6, 6.07) is 7.46. The Kier molecular flexibility index (Phi) is 3.28. The molecule has 1 aromatic carbocycles. The number of esters is 1. The van der Waals surface area contributed by atoms with E-state index in [1.807, 2.05) is 12.1 Å². The number of aliphatic hydroxyl groups is 2. The molecule has 18 heavy (non-hydrogen) atoms. The van der Waals surface area contributed by atoms with Crippen LogP contribution in [0.1, 0.15) is 31.1 Å². The Balaban J connectivity index is 2.19. The fourth-order valence-corrected chi connectivity index (χ4v) is 1.97. The Bertz CT molecular complexity index is 485. The summed E-state index contributed by atoms with van der Waals surface area (Å²) >= 11 is 0. The second-order valence-corrected chi connectivity index (χ2v) is 4.86. The lowest BCUT2D eigenvalue weighted by Gasteiger charge is -2.11. The van der Waals surface area contributed by atoms with Crippen molar-refractivity contribution in [3.63, 3.8) is 0 Å². The number of carbonyl (C=O) groups excluding carboxylic acids is 1. The molecule has 0 amide bonds. The summed E-state index contributed by atoms with van der Waals surface area (Å²) in [6.45, 7) is 4.28. The van der Waals surface area contributed by atoms with Crippen LogP contribution in [0.5, 0.6) is 0 Å². The van der Waals surface area contributed by atoms with E-state index >= 15 is 0 Å². The van der Waals surface area contributed by atoms with Crippen LogP contribution in [0.25, 0.3) is 0 Å². The molecule has 1 atom stereocenters. The van der Waals surface area contributed by atoms with Crippen LogP contribution < -0.4 is 0 Å². The molecular formula is C14H16O4. The van der Waals surface area contributed by atoms with Gasteiger partial charge in [-0.3, -0.25) is 0 Å². The summed E-state index contributed by atoms with van der Waals surface area (Å²) in [5.41, 5.74) is 1.84. The Hall–Kier alpha value is -1.97. The van der Waals surface area contributed by atoms with E-state index in [1.165, 1.54) is 5.56 Å². The molecule has 0 saturated heterocycles. The van der Waals surface area contributed by atoms with Gasteiger partial charge in [-0.05, 0) is 17.9 Å². The van der Waals surface area contributed by atoms with Gasteiger partial charge >= 0.3 is 5.97 Å². The van der Waals surface area contributed by atoms with E-state index in [1.54, 1.807) is 12.1 Å². The van der Waals surface area contributed by atoms with E-state index in [2.05, 4.69) is 13.8 Å². The standard InChI is InChI=1S/C14H16O4/c1-8(2)7-9-3-5-10(6-4-9)13-11(15)12(16)14(17)18-13/h3-6,8,13,15-16H,7H2,1-2H3. The molecule has 0 aliphatic carbocycles. The molecular weight excluding hydrogens is 232 g/mol. The topological polar surface area (TPSA) is 66.8 Å². The van der Waals surface area contributed by atoms with Gasteiger partial charge in [0.1, 0.15) is 0 Å². The third-order valence-electron chi connectivity index (χ3n) is 2.84. The summed E-state index contributed by atoms with van der Waals surface area (Å²) in [5.74, 6) is -1.44. The van der Waals surface area contributed by atoms with Crippen molar-refractivity contribution in [3.8, 4) is 0 Å². The first-order valence-electron chi connectivity index (χ1n) is 5.91. The second kappa shape index (κ2) is 4.72. The fourth-order valence-electron chi connectivity index (χ4n) is 1.97. The second-order valence-electron chi connectivity index (χ2n) is 4.86. The van der Waals surface area contributed by atoms with Crippen molar-refractivity contribution >= 4 is 5.97 Å². The van der Waals surface area contributed by atoms with Crippen molar-refractivity contribution in [2.24, 2.45) is 5.92 Å². The molecule has 0 saturated carbocycles. The van der Waals surface area contributed by atoms with E-state index in [0.29, 0.717) is 11.5 Å². The van der Waals surface area contributed by atoms with Crippen LogP contribution in [0.15, 0.2) is 35.8 Å². The monoisotopic (exact) mass is 248 g/mol. The predicted octanol–water partition coefficient (Wildman–Crippen LogP) is 2.81. The molecule has 96 valence electrons. The van der Waals surface area contributed by atoms with E-state index < -0.39 is 23.6 Å². The molecule has 4 nitrogen and oxygen atoms in total. The minimum Gasteiger partial charge on any atom is -0.505 e. The van der Waals surface area contributed by atoms with Crippen molar-refractivity contribution in [2.75, 3.05) is 0 Å². The molecule has 0 bridgehead atoms. The molecule has 0 radical (unpaired) electrons. The third-order valence-corrected chi connectivity index (χ3v) is 2.84. The number of cyclic esters (lactones) is 1. The summed E-state index contributed by atoms with van der Waals surface area (Å²) < 4.78 is 4.88. The van der Waals surface area contributed by atoms with Crippen molar-refractivity contribution in [1.82, 2.24) is 0 Å². The largest absolute Gasteiger partial charge is 0.505 e. The first kappa shape index (κ1) is 12.5. The molecule has 0 aromatic heterocycles. The number of ether oxygens (including phenoxy) is 1. The van der Waals surface area contributed by atoms with E-state index in [4.69, 9.17) is 4.74 Å². The molecule has 1 unspecified atom stereocenters. The maximum Gasteiger partial charge on any atom is 0.378 e. The molecule has 1 heterocycles. The van der Waals surface area contributed by atoms with Gasteiger partial charge in [0.05, 0.1) is 0 Å². The zero-order valence-electron chi connectivity index (χ0n) is 10.4. The van der Waals surface area contributed by atoms with Gasteiger partial charge in [0.15, 0.2) is 11.9 Å². The lowest BCUT2D eigenvalue weighted by atomic mass is 10.00. The minimum atomic E-state index is -0.885. The summed E-state index contributed by atoms with van der Waals surface area (Å²) in [6.07, 6.45) is 0.0863. The molecule has 1 aliphatic rings. The van der Waals surface area contributed by atoms with Crippen LogP contribution in [0.3, 0.4) is 0 Å². The fraction of sp³-hybridized carbons (Fsp3) is 0.357. The first-order valence-corrected chi connectivity index (χ1v) is 5.91. The highest BCUT2D eigenvalue weighted by molar-refractivity contribution is 5.89. The van der Waals surface area contributed by atoms with Gasteiger partial charge in [0, 0.05) is 5.56 Å². The van der Waals surface area contributed by atoms with Gasteiger partial charge in [0.25, 0.3) is 0 Å². The smallest absolute Gasteiger partial charge is 0.378 e. The zero-order chi connectivity index (χ0) is 13.3. The van der Waals surface area contributed by atoms with Gasteiger partial charge in [-0.1, -0.05) is 38.1 Å². The molecule has 1 aromatic rings. The average molecular weight is 248 g/mol. The lowest BCUT2D eigenvalue weighted by molar-refractivity contribution is -0.142. The Labute approximate surface area is 106 Å². The van der Waals surface area contributed by atoms with Crippen LogP contribution in [0.2, 0.25) is 0 Å². The Morgan fingerprint density at radius 1 is 1.22 bits per heavy atom. The van der Waals surface area contributed by atoms with Crippen LogP contribution in [0, 0.1) is 5.92 Å². The zero-order valence-corrected chi connectivity index (χ0v) is 10.4. The first-order chi connectivity index (χ1) is 8.49. The molecule has 0 fully saturated rings. The van der Waals surface area contributed by atoms with Gasteiger partial charge in [0.2, 0.25) is 5.76 Å². The van der Waals surface area contributed by atoms with Crippen molar-refractivity contribution in [2.45, 2.75) is 26.4 Å². The van der Waals surface area contributed by atoms with Gasteiger partial charge in [-0.15, -0.1) is 0 Å². The van der Waals surface area contributed by atoms with Crippen molar-refractivity contribution < 1.29 is 19.7 Å². The van der Waals surface area contributed by atoms with Crippen molar-refractivity contribution in [3.05, 3.63) is 46.9 Å². The molecule has 2 N–H and O–H groups in total. The van der Waals surface area contributed by atoms with E-state index in [9.17, 15) is 15.0 Å². The van der Waals surface area contributed by atoms with Crippen LogP contribution in [-0.4, -0.2) is 16.2 Å². The lowest BCUT2D eigenvalue weighted by Crippen LogP contribution is -2.03. The highest BCUT2D eigenvalue weighted by atomic mass is 16.6. The minimum absolute atomic E-state index is 0.420. The Morgan fingerprint density at radius 2 is 1.83 bits per heavy atom. The summed E-state index contributed by atoms with van der Waals surface area (Å²) in [4.78, 5) is 11.1. The van der Waals surface area contributed by atoms with Crippen molar-refractivity contribution in [1.29, 1.82) is 0 Å². The number of hydrogen-bond acceptors (Lipinski definition) is 4. The van der Waals surface area contributed by atoms with Crippen LogP contribution >= 0.6 is 0 Å². The molecule has 1 aliphatic heterocycles. The van der Waals surface area contributed by atoms with E-state index in [-0.39, 0.29) is 0 Å². The SMILES string of the molecule is CC(C)Cc1ccc(C2OC(=O)C(O)=C2O)cc1. The third kappa shape index (κ3) is 2.32. The number of aliphatic hydroxyl groups excluding tert-OH is 2. The highest BCUT2D eigenvalue weighted by Crippen LogP contribution is 2.32. The van der Waals surface area contributed by atoms with E-state index in [0.717, 1.165) is 6.42 Å². The van der Waals surface area contributed by atoms with Crippen LogP contribution in [0.4, 0.5) is 0 Å². The highest BCUT2D eigenvalue weighted by Gasteiger charge is 2.35. The van der Waals surface area contributed by atoms with Crippen LogP contribution in [-0.2, 0) is 16.0 Å². The van der Waals surface area contributed by atoms with Gasteiger partial charge in [-0.25, -0.2) is 4.79 Å². The van der Waals surface area contributed by atoms with Gasteiger partial charge in [-0.2, -0.15) is 0 Å². The van der Waals surface area contributed by atoms with Gasteiger partial charge < -0.3 is 14.9 Å². The number of carbonyl (C=O) groups is 1. The average Bonchev–Trinajstić information content (AvgIpc) is 2.57. The number of rotatable bonds is 3. The number of benzene rings is 1. The number of hydrogen-bond donors (Lipinski definition) is 2.